The summed E-state index contributed by atoms with van der Waals surface area (Å²) in [6.45, 7) is 5.99. The first-order valence-corrected chi connectivity index (χ1v) is 8.90. The number of piperazine rings is 1. The maximum atomic E-state index is 14.0. The summed E-state index contributed by atoms with van der Waals surface area (Å²) in [5.74, 6) is 0.281. The first kappa shape index (κ1) is 17.8. The van der Waals surface area contributed by atoms with E-state index >= 15 is 0 Å². The van der Waals surface area contributed by atoms with Crippen LogP contribution in [0.2, 0.25) is 0 Å². The van der Waals surface area contributed by atoms with E-state index in [9.17, 15) is 14.0 Å². The summed E-state index contributed by atoms with van der Waals surface area (Å²) in [7, 11) is 0. The molecule has 2 bridgehead atoms. The SMILES string of the molecule is Cc1noc(CCC(=O)N2[C@@H]3CC[C@H]2CN(C(=O)C(F)C(C)C)C3)n1. The van der Waals surface area contributed by atoms with Crippen molar-refractivity contribution in [2.75, 3.05) is 13.1 Å². The molecule has 138 valence electrons. The third kappa shape index (κ3) is 3.67. The fraction of sp³-hybridized carbons (Fsp3) is 0.765. The molecule has 3 rings (SSSR count). The molecule has 0 aliphatic carbocycles. The standard InChI is InChI=1S/C17H25FN4O3/c1-10(2)16(18)17(24)21-8-12-4-5-13(9-21)22(12)15(23)7-6-14-19-11(3)20-25-14/h10,12-13,16H,4-9H2,1-3H3/t12-,13+,16?. The summed E-state index contributed by atoms with van der Waals surface area (Å²) in [6, 6.07) is -0.0297. The molecule has 0 radical (unpaired) electrons. The lowest BCUT2D eigenvalue weighted by Gasteiger charge is -2.41. The molecule has 2 saturated heterocycles. The van der Waals surface area contributed by atoms with Crippen LogP contribution in [0.5, 0.6) is 0 Å². The van der Waals surface area contributed by atoms with Gasteiger partial charge in [-0.2, -0.15) is 4.98 Å². The van der Waals surface area contributed by atoms with Crippen LogP contribution in [0.25, 0.3) is 0 Å². The Morgan fingerprint density at radius 2 is 1.92 bits per heavy atom. The number of hydrogen-bond acceptors (Lipinski definition) is 5. The predicted octanol–water partition coefficient (Wildman–Crippen LogP) is 1.51. The monoisotopic (exact) mass is 352 g/mol. The minimum absolute atomic E-state index is 0.0148. The van der Waals surface area contributed by atoms with E-state index in [-0.39, 0.29) is 23.9 Å². The molecule has 2 fully saturated rings. The molecule has 2 amide bonds. The Kier molecular flexibility index (Phi) is 5.06. The minimum atomic E-state index is -1.47. The van der Waals surface area contributed by atoms with Gasteiger partial charge in [0.2, 0.25) is 11.8 Å². The largest absolute Gasteiger partial charge is 0.339 e. The average Bonchev–Trinajstić information content (AvgIpc) is 3.11. The molecule has 0 saturated carbocycles. The lowest BCUT2D eigenvalue weighted by molar-refractivity contribution is -0.147. The lowest BCUT2D eigenvalue weighted by Crippen LogP contribution is -2.58. The molecule has 1 aromatic heterocycles. The van der Waals surface area contributed by atoms with Gasteiger partial charge in [-0.3, -0.25) is 9.59 Å². The van der Waals surface area contributed by atoms with Crippen molar-refractivity contribution in [3.8, 4) is 0 Å². The van der Waals surface area contributed by atoms with Crippen molar-refractivity contribution < 1.29 is 18.5 Å². The smallest absolute Gasteiger partial charge is 0.257 e. The molecule has 0 N–H and O–H groups in total. The van der Waals surface area contributed by atoms with E-state index in [0.717, 1.165) is 12.8 Å². The van der Waals surface area contributed by atoms with Crippen LogP contribution >= 0.6 is 0 Å². The number of hydrogen-bond donors (Lipinski definition) is 0. The van der Waals surface area contributed by atoms with Crippen molar-refractivity contribution in [2.24, 2.45) is 5.92 Å². The van der Waals surface area contributed by atoms with E-state index in [4.69, 9.17) is 4.52 Å². The zero-order valence-electron chi connectivity index (χ0n) is 14.9. The zero-order valence-corrected chi connectivity index (χ0v) is 14.9. The first-order chi connectivity index (χ1) is 11.9. The highest BCUT2D eigenvalue weighted by molar-refractivity contribution is 5.82. The summed E-state index contributed by atoms with van der Waals surface area (Å²) in [5.41, 5.74) is 0. The fourth-order valence-electron chi connectivity index (χ4n) is 3.73. The zero-order chi connectivity index (χ0) is 18.1. The number of carbonyl (C=O) groups is 2. The maximum Gasteiger partial charge on any atom is 0.257 e. The third-order valence-corrected chi connectivity index (χ3v) is 5.03. The molecule has 1 unspecified atom stereocenters. The molecule has 3 atom stereocenters. The number of halogens is 1. The van der Waals surface area contributed by atoms with Gasteiger partial charge in [-0.25, -0.2) is 4.39 Å². The van der Waals surface area contributed by atoms with Crippen molar-refractivity contribution in [2.45, 2.75) is 64.7 Å². The quantitative estimate of drug-likeness (QED) is 0.802. The molecule has 0 spiro atoms. The van der Waals surface area contributed by atoms with Crippen molar-refractivity contribution in [3.05, 3.63) is 11.7 Å². The number of aryl methyl sites for hydroxylation is 2. The van der Waals surface area contributed by atoms with Gasteiger partial charge >= 0.3 is 0 Å². The van der Waals surface area contributed by atoms with Gasteiger partial charge < -0.3 is 14.3 Å². The van der Waals surface area contributed by atoms with Crippen LogP contribution in [0.1, 0.15) is 44.8 Å². The van der Waals surface area contributed by atoms with E-state index in [1.54, 1.807) is 25.7 Å². The molecule has 2 aliphatic heterocycles. The average molecular weight is 352 g/mol. The Morgan fingerprint density at radius 1 is 1.28 bits per heavy atom. The summed E-state index contributed by atoms with van der Waals surface area (Å²) >= 11 is 0. The number of aromatic nitrogens is 2. The van der Waals surface area contributed by atoms with E-state index < -0.39 is 12.1 Å². The van der Waals surface area contributed by atoms with Crippen molar-refractivity contribution >= 4 is 11.8 Å². The second kappa shape index (κ2) is 7.09. The summed E-state index contributed by atoms with van der Waals surface area (Å²) in [5, 5.41) is 3.72. The summed E-state index contributed by atoms with van der Waals surface area (Å²) < 4.78 is 19.1. The van der Waals surface area contributed by atoms with E-state index in [1.165, 1.54) is 0 Å². The molecular formula is C17H25FN4O3. The second-order valence-electron chi connectivity index (χ2n) is 7.31. The normalized spacial score (nSPS) is 24.0. The number of nitrogens with zero attached hydrogens (tertiary/aromatic N) is 4. The molecule has 3 heterocycles. The molecule has 0 aromatic carbocycles. The minimum Gasteiger partial charge on any atom is -0.339 e. The Morgan fingerprint density at radius 3 is 2.44 bits per heavy atom. The topological polar surface area (TPSA) is 79.5 Å². The van der Waals surface area contributed by atoms with Crippen molar-refractivity contribution in [1.29, 1.82) is 0 Å². The maximum absolute atomic E-state index is 14.0. The predicted molar refractivity (Wildman–Crippen MR) is 87.3 cm³/mol. The van der Waals surface area contributed by atoms with Crippen LogP contribution in [0.15, 0.2) is 4.52 Å². The summed E-state index contributed by atoms with van der Waals surface area (Å²) in [4.78, 5) is 32.5. The van der Waals surface area contributed by atoms with Crippen molar-refractivity contribution in [1.82, 2.24) is 19.9 Å². The van der Waals surface area contributed by atoms with Crippen LogP contribution < -0.4 is 0 Å². The van der Waals surface area contributed by atoms with Crippen LogP contribution in [-0.4, -0.2) is 63.1 Å². The molecule has 2 aliphatic rings. The number of rotatable bonds is 5. The highest BCUT2D eigenvalue weighted by atomic mass is 19.1. The van der Waals surface area contributed by atoms with Crippen LogP contribution in [0.4, 0.5) is 4.39 Å². The van der Waals surface area contributed by atoms with Gasteiger partial charge in [0.25, 0.3) is 5.91 Å². The first-order valence-electron chi connectivity index (χ1n) is 8.90. The van der Waals surface area contributed by atoms with Gasteiger partial charge in [0.05, 0.1) is 0 Å². The second-order valence-corrected chi connectivity index (χ2v) is 7.31. The van der Waals surface area contributed by atoms with Crippen LogP contribution in [-0.2, 0) is 16.0 Å². The molecule has 1 aromatic rings. The van der Waals surface area contributed by atoms with E-state index in [0.29, 0.717) is 37.6 Å². The van der Waals surface area contributed by atoms with Gasteiger partial charge in [0.1, 0.15) is 0 Å². The van der Waals surface area contributed by atoms with Gasteiger partial charge in [-0.1, -0.05) is 19.0 Å². The number of likely N-dealkylation sites (tertiary alicyclic amines) is 1. The van der Waals surface area contributed by atoms with E-state index in [1.807, 2.05) is 4.90 Å². The molecular weight excluding hydrogens is 327 g/mol. The fourth-order valence-corrected chi connectivity index (χ4v) is 3.73. The van der Waals surface area contributed by atoms with Gasteiger partial charge in [0, 0.05) is 38.0 Å². The van der Waals surface area contributed by atoms with Gasteiger partial charge in [0.15, 0.2) is 12.0 Å². The van der Waals surface area contributed by atoms with Crippen molar-refractivity contribution in [3.63, 3.8) is 0 Å². The number of alkyl halides is 1. The number of carbonyl (C=O) groups excluding carboxylic acids is 2. The van der Waals surface area contributed by atoms with Crippen LogP contribution in [0, 0.1) is 12.8 Å². The molecule has 7 nitrogen and oxygen atoms in total. The molecule has 8 heteroatoms. The Bertz CT molecular complexity index is 634. The van der Waals surface area contributed by atoms with E-state index in [2.05, 4.69) is 10.1 Å². The highest BCUT2D eigenvalue weighted by Gasteiger charge is 2.44. The Hall–Kier alpha value is -1.99. The highest BCUT2D eigenvalue weighted by Crippen LogP contribution is 2.31. The molecule has 25 heavy (non-hydrogen) atoms. The number of amides is 2. The lowest BCUT2D eigenvalue weighted by atomic mass is 10.1. The number of fused-ring (bicyclic) bond motifs is 2. The van der Waals surface area contributed by atoms with Crippen LogP contribution in [0.3, 0.4) is 0 Å². The van der Waals surface area contributed by atoms with Gasteiger partial charge in [-0.05, 0) is 25.7 Å². The van der Waals surface area contributed by atoms with Gasteiger partial charge in [-0.15, -0.1) is 0 Å². The Balaban J connectivity index is 1.58. The Labute approximate surface area is 146 Å². The summed E-state index contributed by atoms with van der Waals surface area (Å²) in [6.07, 6.45) is 0.970. The third-order valence-electron chi connectivity index (χ3n) is 5.03.